The average molecular weight is 237 g/mol. The molecule has 16 heavy (non-hydrogen) atoms. The fourth-order valence-electron chi connectivity index (χ4n) is 1.75. The molecule has 2 nitrogen and oxygen atoms in total. The van der Waals surface area contributed by atoms with Gasteiger partial charge in [0.1, 0.15) is 6.07 Å². The SMILES string of the molecule is CCCN(CCC)c1cc(Cl)ccc1C#N. The highest BCUT2D eigenvalue weighted by molar-refractivity contribution is 6.30. The number of hydrogen-bond donors (Lipinski definition) is 0. The van der Waals surface area contributed by atoms with Crippen LogP contribution in [0.4, 0.5) is 5.69 Å². The van der Waals surface area contributed by atoms with E-state index in [0.717, 1.165) is 31.6 Å². The van der Waals surface area contributed by atoms with Crippen LogP contribution in [0.25, 0.3) is 0 Å². The molecule has 0 spiro atoms. The lowest BCUT2D eigenvalue weighted by Gasteiger charge is -2.24. The van der Waals surface area contributed by atoms with Crippen LogP contribution in [-0.2, 0) is 0 Å². The molecule has 0 fully saturated rings. The van der Waals surface area contributed by atoms with Gasteiger partial charge >= 0.3 is 0 Å². The molecule has 0 aliphatic heterocycles. The van der Waals surface area contributed by atoms with Gasteiger partial charge in [0.05, 0.1) is 11.3 Å². The van der Waals surface area contributed by atoms with Gasteiger partial charge in [-0.15, -0.1) is 0 Å². The first-order valence-electron chi connectivity index (χ1n) is 5.67. The predicted molar refractivity (Wildman–Crippen MR) is 69.0 cm³/mol. The Morgan fingerprint density at radius 1 is 1.25 bits per heavy atom. The van der Waals surface area contributed by atoms with Crippen LogP contribution in [-0.4, -0.2) is 13.1 Å². The quantitative estimate of drug-likeness (QED) is 0.777. The van der Waals surface area contributed by atoms with Crippen molar-refractivity contribution in [1.29, 1.82) is 5.26 Å². The summed E-state index contributed by atoms with van der Waals surface area (Å²) in [7, 11) is 0. The maximum Gasteiger partial charge on any atom is 0.101 e. The topological polar surface area (TPSA) is 27.0 Å². The molecule has 0 saturated carbocycles. The number of anilines is 1. The molecule has 3 heteroatoms. The average Bonchev–Trinajstić information content (AvgIpc) is 2.29. The Hall–Kier alpha value is -1.20. The van der Waals surface area contributed by atoms with Crippen molar-refractivity contribution in [2.24, 2.45) is 0 Å². The fraction of sp³-hybridized carbons (Fsp3) is 0.462. The summed E-state index contributed by atoms with van der Waals surface area (Å²) in [4.78, 5) is 2.23. The van der Waals surface area contributed by atoms with Crippen LogP contribution in [0.2, 0.25) is 5.02 Å². The molecule has 0 aliphatic rings. The second kappa shape index (κ2) is 6.40. The standard InChI is InChI=1S/C13H17ClN2/c1-3-7-16(8-4-2)13-9-12(14)6-5-11(13)10-15/h5-6,9H,3-4,7-8H2,1-2H3. The molecule has 0 N–H and O–H groups in total. The normalized spacial score (nSPS) is 9.88. The van der Waals surface area contributed by atoms with E-state index in [-0.39, 0.29) is 0 Å². The zero-order valence-electron chi connectivity index (χ0n) is 9.83. The van der Waals surface area contributed by atoms with Crippen molar-refractivity contribution in [2.75, 3.05) is 18.0 Å². The van der Waals surface area contributed by atoms with Crippen LogP contribution >= 0.6 is 11.6 Å². The van der Waals surface area contributed by atoms with Gasteiger partial charge in [-0.1, -0.05) is 25.4 Å². The minimum absolute atomic E-state index is 0.686. The Kier molecular flexibility index (Phi) is 5.14. The summed E-state index contributed by atoms with van der Waals surface area (Å²) < 4.78 is 0. The Balaban J connectivity index is 3.06. The maximum absolute atomic E-state index is 9.07. The van der Waals surface area contributed by atoms with E-state index >= 15 is 0 Å². The summed E-state index contributed by atoms with van der Waals surface area (Å²) in [5.74, 6) is 0. The van der Waals surface area contributed by atoms with Gasteiger partial charge in [0.2, 0.25) is 0 Å². The molecule has 0 unspecified atom stereocenters. The molecule has 0 bridgehead atoms. The maximum atomic E-state index is 9.07. The van der Waals surface area contributed by atoms with Crippen LogP contribution in [0.1, 0.15) is 32.3 Å². The first-order chi connectivity index (χ1) is 7.72. The lowest BCUT2D eigenvalue weighted by atomic mass is 10.1. The fourth-order valence-corrected chi connectivity index (χ4v) is 1.92. The summed E-state index contributed by atoms with van der Waals surface area (Å²) in [5.41, 5.74) is 1.66. The summed E-state index contributed by atoms with van der Waals surface area (Å²) in [6.45, 7) is 6.20. The molecule has 1 aromatic carbocycles. The molecule has 1 rings (SSSR count). The van der Waals surface area contributed by atoms with Crippen LogP contribution < -0.4 is 4.90 Å². The van der Waals surface area contributed by atoms with Gasteiger partial charge in [-0.2, -0.15) is 5.26 Å². The van der Waals surface area contributed by atoms with Gasteiger partial charge in [0.15, 0.2) is 0 Å². The van der Waals surface area contributed by atoms with E-state index in [9.17, 15) is 0 Å². The minimum Gasteiger partial charge on any atom is -0.370 e. The van der Waals surface area contributed by atoms with Crippen molar-refractivity contribution in [3.63, 3.8) is 0 Å². The summed E-state index contributed by atoms with van der Waals surface area (Å²) in [5, 5.41) is 9.76. The van der Waals surface area contributed by atoms with Gasteiger partial charge in [-0.25, -0.2) is 0 Å². The smallest absolute Gasteiger partial charge is 0.101 e. The molecule has 0 radical (unpaired) electrons. The Morgan fingerprint density at radius 2 is 1.88 bits per heavy atom. The van der Waals surface area contributed by atoms with E-state index in [4.69, 9.17) is 16.9 Å². The van der Waals surface area contributed by atoms with Crippen molar-refractivity contribution < 1.29 is 0 Å². The number of rotatable bonds is 5. The highest BCUT2D eigenvalue weighted by atomic mass is 35.5. The summed E-state index contributed by atoms with van der Waals surface area (Å²) in [6.07, 6.45) is 2.13. The van der Waals surface area contributed by atoms with E-state index in [2.05, 4.69) is 24.8 Å². The Morgan fingerprint density at radius 3 is 2.38 bits per heavy atom. The van der Waals surface area contributed by atoms with Crippen LogP contribution in [0.15, 0.2) is 18.2 Å². The Labute approximate surface area is 102 Å². The first-order valence-corrected chi connectivity index (χ1v) is 6.05. The van der Waals surface area contributed by atoms with E-state index < -0.39 is 0 Å². The third kappa shape index (κ3) is 3.15. The lowest BCUT2D eigenvalue weighted by Crippen LogP contribution is -2.25. The lowest BCUT2D eigenvalue weighted by molar-refractivity contribution is 0.744. The van der Waals surface area contributed by atoms with E-state index in [1.54, 1.807) is 12.1 Å². The third-order valence-corrected chi connectivity index (χ3v) is 2.64. The van der Waals surface area contributed by atoms with Crippen molar-refractivity contribution in [2.45, 2.75) is 26.7 Å². The van der Waals surface area contributed by atoms with Crippen molar-refractivity contribution >= 4 is 17.3 Å². The molecule has 0 atom stereocenters. The van der Waals surface area contributed by atoms with E-state index in [0.29, 0.717) is 10.6 Å². The predicted octanol–water partition coefficient (Wildman–Crippen LogP) is 3.84. The molecular weight excluding hydrogens is 220 g/mol. The van der Waals surface area contributed by atoms with Crippen molar-refractivity contribution in [1.82, 2.24) is 0 Å². The van der Waals surface area contributed by atoms with Gasteiger partial charge in [0, 0.05) is 18.1 Å². The molecule has 0 heterocycles. The highest BCUT2D eigenvalue weighted by Gasteiger charge is 2.10. The number of halogens is 1. The number of benzene rings is 1. The van der Waals surface area contributed by atoms with Crippen LogP contribution in [0.5, 0.6) is 0 Å². The number of nitriles is 1. The van der Waals surface area contributed by atoms with Crippen LogP contribution in [0, 0.1) is 11.3 Å². The molecule has 0 aliphatic carbocycles. The first kappa shape index (κ1) is 12.9. The molecular formula is C13H17ClN2. The van der Waals surface area contributed by atoms with Crippen LogP contribution in [0.3, 0.4) is 0 Å². The van der Waals surface area contributed by atoms with Crippen molar-refractivity contribution in [3.8, 4) is 6.07 Å². The van der Waals surface area contributed by atoms with Gasteiger partial charge < -0.3 is 4.90 Å². The molecule has 0 aromatic heterocycles. The Bertz CT molecular complexity index is 376. The summed E-state index contributed by atoms with van der Waals surface area (Å²) >= 11 is 5.98. The monoisotopic (exact) mass is 236 g/mol. The van der Waals surface area contributed by atoms with Gasteiger partial charge in [-0.3, -0.25) is 0 Å². The molecule has 0 amide bonds. The van der Waals surface area contributed by atoms with Gasteiger partial charge in [0.25, 0.3) is 0 Å². The second-order valence-corrected chi connectivity index (χ2v) is 4.20. The zero-order valence-corrected chi connectivity index (χ0v) is 10.6. The highest BCUT2D eigenvalue weighted by Crippen LogP contribution is 2.24. The van der Waals surface area contributed by atoms with E-state index in [1.165, 1.54) is 0 Å². The van der Waals surface area contributed by atoms with Crippen molar-refractivity contribution in [3.05, 3.63) is 28.8 Å². The number of nitrogens with zero attached hydrogens (tertiary/aromatic N) is 2. The summed E-state index contributed by atoms with van der Waals surface area (Å²) in [6, 6.07) is 7.65. The van der Waals surface area contributed by atoms with E-state index in [1.807, 2.05) is 6.07 Å². The number of hydrogen-bond acceptors (Lipinski definition) is 2. The third-order valence-electron chi connectivity index (χ3n) is 2.41. The second-order valence-electron chi connectivity index (χ2n) is 3.76. The zero-order chi connectivity index (χ0) is 12.0. The molecule has 1 aromatic rings. The molecule has 86 valence electrons. The largest absolute Gasteiger partial charge is 0.370 e. The molecule has 0 saturated heterocycles. The minimum atomic E-state index is 0.686. The van der Waals surface area contributed by atoms with Gasteiger partial charge in [-0.05, 0) is 31.0 Å².